The predicted molar refractivity (Wildman–Crippen MR) is 66.4 cm³/mol. The standard InChI is InChI=1S/C12H16O2.H2OP/c1-2-3-9-14-12(13)10-11-7-5-4-6-8-11;1-2/h4-8H,2-3,9-10H2,1H3;2H2/q;+1. The van der Waals surface area contributed by atoms with Crippen molar-refractivity contribution in [3.8, 4) is 0 Å². The second-order valence-electron chi connectivity index (χ2n) is 3.24. The molecule has 1 atom stereocenters. The smallest absolute Gasteiger partial charge is 0.310 e. The van der Waals surface area contributed by atoms with Gasteiger partial charge < -0.3 is 4.74 Å². The Labute approximate surface area is 98.4 Å². The van der Waals surface area contributed by atoms with Crippen molar-refractivity contribution in [1.82, 2.24) is 0 Å². The van der Waals surface area contributed by atoms with E-state index in [2.05, 4.69) is 6.92 Å². The maximum absolute atomic E-state index is 11.3. The minimum Gasteiger partial charge on any atom is -0.465 e. The summed E-state index contributed by atoms with van der Waals surface area (Å²) in [6.07, 6.45) is 2.38. The molecule has 1 rings (SSSR count). The molecule has 0 fully saturated rings. The van der Waals surface area contributed by atoms with Crippen molar-refractivity contribution in [3.63, 3.8) is 0 Å². The Bertz CT molecular complexity index is 288. The first-order valence-corrected chi connectivity index (χ1v) is 5.73. The van der Waals surface area contributed by atoms with Crippen LogP contribution in [0.15, 0.2) is 30.3 Å². The first-order chi connectivity index (χ1) is 7.83. The number of ether oxygens (including phenoxy) is 1. The first kappa shape index (κ1) is 14.8. The lowest BCUT2D eigenvalue weighted by atomic mass is 10.2. The van der Waals surface area contributed by atoms with Gasteiger partial charge in [-0.05, 0) is 12.0 Å². The van der Waals surface area contributed by atoms with Gasteiger partial charge in [0.1, 0.15) is 0 Å². The van der Waals surface area contributed by atoms with Crippen LogP contribution in [0.3, 0.4) is 0 Å². The Kier molecular flexibility index (Phi) is 9.53. The number of rotatable bonds is 5. The number of esters is 1. The van der Waals surface area contributed by atoms with Gasteiger partial charge in [-0.25, -0.2) is 0 Å². The van der Waals surface area contributed by atoms with Gasteiger partial charge in [0.05, 0.1) is 13.0 Å². The zero-order chi connectivity index (χ0) is 12.2. The molecule has 1 aromatic rings. The normalized spacial score (nSPS) is 8.81. The van der Waals surface area contributed by atoms with E-state index in [9.17, 15) is 4.79 Å². The van der Waals surface area contributed by atoms with Crippen LogP contribution in [-0.4, -0.2) is 12.6 Å². The molecule has 0 aromatic heterocycles. The SMILES string of the molecule is CCCCOC(=O)Cc1ccccc1.O=[PH2+]. The Morgan fingerprint density at radius 1 is 1.25 bits per heavy atom. The zero-order valence-electron chi connectivity index (χ0n) is 9.52. The fourth-order valence-electron chi connectivity index (χ4n) is 1.14. The van der Waals surface area contributed by atoms with Crippen LogP contribution in [0.5, 0.6) is 0 Å². The van der Waals surface area contributed by atoms with Crippen molar-refractivity contribution in [3.05, 3.63) is 35.9 Å². The van der Waals surface area contributed by atoms with Crippen molar-refractivity contribution in [2.75, 3.05) is 6.61 Å². The molecule has 4 heteroatoms. The van der Waals surface area contributed by atoms with Crippen molar-refractivity contribution >= 4 is 15.1 Å². The topological polar surface area (TPSA) is 43.4 Å². The van der Waals surface area contributed by atoms with E-state index < -0.39 is 0 Å². The molecule has 3 nitrogen and oxygen atoms in total. The zero-order valence-corrected chi connectivity index (χ0v) is 10.7. The molecule has 1 aromatic carbocycles. The van der Waals surface area contributed by atoms with E-state index in [4.69, 9.17) is 9.30 Å². The molecule has 0 aliphatic rings. The maximum atomic E-state index is 11.3. The highest BCUT2D eigenvalue weighted by molar-refractivity contribution is 7.00. The van der Waals surface area contributed by atoms with E-state index >= 15 is 0 Å². The van der Waals surface area contributed by atoms with E-state index in [-0.39, 0.29) is 5.97 Å². The Morgan fingerprint density at radius 3 is 2.44 bits per heavy atom. The number of hydrogen-bond acceptors (Lipinski definition) is 3. The fourth-order valence-corrected chi connectivity index (χ4v) is 1.14. The molecule has 0 radical (unpaired) electrons. The van der Waals surface area contributed by atoms with Crippen molar-refractivity contribution in [1.29, 1.82) is 0 Å². The van der Waals surface area contributed by atoms with E-state index in [1.165, 1.54) is 9.12 Å². The second-order valence-corrected chi connectivity index (χ2v) is 3.24. The van der Waals surface area contributed by atoms with Gasteiger partial charge in [0.15, 0.2) is 0 Å². The molecular formula is C12H18O3P+. The second kappa shape index (κ2) is 10.3. The lowest BCUT2D eigenvalue weighted by molar-refractivity contribution is -0.142. The van der Waals surface area contributed by atoms with Gasteiger partial charge in [0.2, 0.25) is 0 Å². The van der Waals surface area contributed by atoms with Crippen molar-refractivity contribution < 1.29 is 14.1 Å². The van der Waals surface area contributed by atoms with Crippen LogP contribution in [0.25, 0.3) is 0 Å². The van der Waals surface area contributed by atoms with E-state index in [0.717, 1.165) is 18.4 Å². The largest absolute Gasteiger partial charge is 0.465 e. The molecular weight excluding hydrogens is 223 g/mol. The Morgan fingerprint density at radius 2 is 1.88 bits per heavy atom. The molecule has 0 amide bonds. The molecule has 0 saturated heterocycles. The summed E-state index contributed by atoms with van der Waals surface area (Å²) in [5, 5.41) is 0. The van der Waals surface area contributed by atoms with E-state index in [1.54, 1.807) is 0 Å². The van der Waals surface area contributed by atoms with Gasteiger partial charge in [-0.2, -0.15) is 0 Å². The molecule has 0 heterocycles. The summed E-state index contributed by atoms with van der Waals surface area (Å²) < 4.78 is 13.2. The third kappa shape index (κ3) is 7.13. The molecule has 16 heavy (non-hydrogen) atoms. The molecule has 88 valence electrons. The van der Waals surface area contributed by atoms with Crippen LogP contribution in [0.4, 0.5) is 0 Å². The third-order valence-corrected chi connectivity index (χ3v) is 1.95. The summed E-state index contributed by atoms with van der Waals surface area (Å²) in [6, 6.07) is 9.65. The molecule has 0 bridgehead atoms. The lowest BCUT2D eigenvalue weighted by Gasteiger charge is -2.03. The first-order valence-electron chi connectivity index (χ1n) is 5.26. The number of unbranched alkanes of at least 4 members (excludes halogenated alkanes) is 1. The van der Waals surface area contributed by atoms with Crippen LogP contribution in [0.2, 0.25) is 0 Å². The fraction of sp³-hybridized carbons (Fsp3) is 0.417. The molecule has 0 N–H and O–H groups in total. The predicted octanol–water partition coefficient (Wildman–Crippen LogP) is 2.78. The van der Waals surface area contributed by atoms with Gasteiger partial charge in [0.25, 0.3) is 0 Å². The Balaban J connectivity index is 0.00000106. The van der Waals surface area contributed by atoms with Gasteiger partial charge in [0, 0.05) is 0 Å². The average molecular weight is 241 g/mol. The van der Waals surface area contributed by atoms with Gasteiger partial charge in [-0.3, -0.25) is 4.79 Å². The summed E-state index contributed by atoms with van der Waals surface area (Å²) >= 11 is 0. The Hall–Kier alpha value is -1.21. The monoisotopic (exact) mass is 241 g/mol. The van der Waals surface area contributed by atoms with Gasteiger partial charge >= 0.3 is 15.1 Å². The minimum absolute atomic E-state index is 0.135. The van der Waals surface area contributed by atoms with E-state index in [1.807, 2.05) is 30.3 Å². The summed E-state index contributed by atoms with van der Waals surface area (Å²) in [4.78, 5) is 11.3. The number of hydrogen-bond donors (Lipinski definition) is 0. The number of benzene rings is 1. The third-order valence-electron chi connectivity index (χ3n) is 1.95. The van der Waals surface area contributed by atoms with Crippen LogP contribution >= 0.6 is 9.12 Å². The van der Waals surface area contributed by atoms with Gasteiger partial charge in [-0.15, -0.1) is 0 Å². The van der Waals surface area contributed by atoms with Crippen LogP contribution in [0, 0.1) is 0 Å². The van der Waals surface area contributed by atoms with E-state index in [0.29, 0.717) is 13.0 Å². The molecule has 0 spiro atoms. The highest BCUT2D eigenvalue weighted by Gasteiger charge is 2.02. The molecule has 1 unspecified atom stereocenters. The van der Waals surface area contributed by atoms with Crippen LogP contribution in [-0.2, 0) is 20.5 Å². The summed E-state index contributed by atoms with van der Waals surface area (Å²) in [5.74, 6) is -0.135. The van der Waals surface area contributed by atoms with Crippen LogP contribution < -0.4 is 0 Å². The molecule has 0 aliphatic heterocycles. The van der Waals surface area contributed by atoms with Crippen LogP contribution in [0.1, 0.15) is 25.3 Å². The highest BCUT2D eigenvalue weighted by Crippen LogP contribution is 2.01. The van der Waals surface area contributed by atoms with Crippen molar-refractivity contribution in [2.24, 2.45) is 0 Å². The van der Waals surface area contributed by atoms with Crippen molar-refractivity contribution in [2.45, 2.75) is 26.2 Å². The quantitative estimate of drug-likeness (QED) is 0.452. The number of carbonyl (C=O) groups excluding carboxylic acids is 1. The summed E-state index contributed by atoms with van der Waals surface area (Å²) in [7, 11) is 1.17. The molecule has 0 saturated carbocycles. The summed E-state index contributed by atoms with van der Waals surface area (Å²) in [6.45, 7) is 2.62. The molecule has 0 aliphatic carbocycles. The maximum Gasteiger partial charge on any atom is 0.310 e. The highest BCUT2D eigenvalue weighted by atomic mass is 31.0. The summed E-state index contributed by atoms with van der Waals surface area (Å²) in [5.41, 5.74) is 1.01. The van der Waals surface area contributed by atoms with Gasteiger partial charge in [-0.1, -0.05) is 48.2 Å². The lowest BCUT2D eigenvalue weighted by Crippen LogP contribution is -2.08. The average Bonchev–Trinajstić information content (AvgIpc) is 2.33. The minimum atomic E-state index is -0.135. The number of carbonyl (C=O) groups is 1.